The number of anilines is 1. The number of carbonyl (C=O) groups is 1. The van der Waals surface area contributed by atoms with Gasteiger partial charge < -0.3 is 11.1 Å². The minimum atomic E-state index is -3.67. The lowest BCUT2D eigenvalue weighted by Gasteiger charge is -2.08. The number of nitrogen functional groups attached to an aromatic ring is 1. The van der Waals surface area contributed by atoms with E-state index in [1.807, 2.05) is 6.92 Å². The number of hydrogen-bond donors (Lipinski definition) is 2. The zero-order valence-electron chi connectivity index (χ0n) is 9.86. The Bertz CT molecular complexity index is 524. The minimum absolute atomic E-state index is 0.00866. The van der Waals surface area contributed by atoms with E-state index in [1.165, 1.54) is 6.07 Å². The van der Waals surface area contributed by atoms with Crippen LogP contribution in [0.2, 0.25) is 0 Å². The fourth-order valence-electron chi connectivity index (χ4n) is 1.45. The lowest BCUT2D eigenvalue weighted by atomic mass is 10.2. The van der Waals surface area contributed by atoms with Gasteiger partial charge in [0.1, 0.15) is 5.75 Å². The predicted octanol–water partition coefficient (Wildman–Crippen LogP) is 0.487. The standard InChI is InChI=1S/C11H16N2O3S/c1-3-13-11(14)7-17(15,16)10-5-4-8(2)6-9(10)12/h4-6H,3,7,12H2,1-2H3,(H,13,14). The zero-order valence-corrected chi connectivity index (χ0v) is 10.7. The molecular formula is C11H16N2O3S. The molecule has 1 aromatic carbocycles. The first-order valence-electron chi connectivity index (χ1n) is 5.22. The van der Waals surface area contributed by atoms with Gasteiger partial charge in [-0.1, -0.05) is 6.07 Å². The minimum Gasteiger partial charge on any atom is -0.398 e. The van der Waals surface area contributed by atoms with Gasteiger partial charge in [0.05, 0.1) is 10.6 Å². The molecule has 0 aliphatic carbocycles. The van der Waals surface area contributed by atoms with Crippen LogP contribution < -0.4 is 11.1 Å². The average Bonchev–Trinajstić information content (AvgIpc) is 2.15. The molecule has 0 aliphatic heterocycles. The van der Waals surface area contributed by atoms with Crippen LogP contribution in [-0.4, -0.2) is 26.6 Å². The Morgan fingerprint density at radius 3 is 2.59 bits per heavy atom. The highest BCUT2D eigenvalue weighted by Crippen LogP contribution is 2.20. The third-order valence-corrected chi connectivity index (χ3v) is 3.88. The molecule has 1 rings (SSSR count). The number of rotatable bonds is 4. The SMILES string of the molecule is CCNC(=O)CS(=O)(=O)c1ccc(C)cc1N. The highest BCUT2D eigenvalue weighted by Gasteiger charge is 2.21. The fourth-order valence-corrected chi connectivity index (χ4v) is 2.75. The normalized spacial score (nSPS) is 11.2. The third kappa shape index (κ3) is 3.45. The lowest BCUT2D eigenvalue weighted by Crippen LogP contribution is -2.30. The number of benzene rings is 1. The van der Waals surface area contributed by atoms with Crippen molar-refractivity contribution < 1.29 is 13.2 Å². The number of sulfone groups is 1. The second-order valence-electron chi connectivity index (χ2n) is 3.75. The van der Waals surface area contributed by atoms with Crippen molar-refractivity contribution in [1.29, 1.82) is 0 Å². The summed E-state index contributed by atoms with van der Waals surface area (Å²) in [7, 11) is -3.67. The van der Waals surface area contributed by atoms with E-state index in [0.717, 1.165) is 5.56 Å². The smallest absolute Gasteiger partial charge is 0.235 e. The molecule has 1 amide bonds. The van der Waals surface area contributed by atoms with E-state index in [-0.39, 0.29) is 10.6 Å². The van der Waals surface area contributed by atoms with Crippen molar-refractivity contribution in [2.24, 2.45) is 0 Å². The predicted molar refractivity (Wildman–Crippen MR) is 66.3 cm³/mol. The number of nitrogens with one attached hydrogen (secondary N) is 1. The Kier molecular flexibility index (Phi) is 4.11. The molecule has 0 bridgehead atoms. The second kappa shape index (κ2) is 5.18. The zero-order chi connectivity index (χ0) is 13.1. The lowest BCUT2D eigenvalue weighted by molar-refractivity contribution is -0.118. The van der Waals surface area contributed by atoms with Gasteiger partial charge in [-0.05, 0) is 31.5 Å². The van der Waals surface area contributed by atoms with Crippen molar-refractivity contribution in [2.45, 2.75) is 18.7 Å². The molecule has 0 saturated carbocycles. The molecule has 0 radical (unpaired) electrons. The first kappa shape index (κ1) is 13.5. The van der Waals surface area contributed by atoms with Gasteiger partial charge in [-0.2, -0.15) is 0 Å². The van der Waals surface area contributed by atoms with E-state index in [1.54, 1.807) is 19.1 Å². The molecule has 0 heterocycles. The summed E-state index contributed by atoms with van der Waals surface area (Å²) in [6, 6.07) is 4.66. The maximum absolute atomic E-state index is 11.9. The first-order valence-corrected chi connectivity index (χ1v) is 6.87. The molecule has 0 aromatic heterocycles. The molecule has 0 saturated heterocycles. The van der Waals surface area contributed by atoms with E-state index < -0.39 is 21.5 Å². The van der Waals surface area contributed by atoms with Crippen molar-refractivity contribution in [1.82, 2.24) is 5.32 Å². The summed E-state index contributed by atoms with van der Waals surface area (Å²) >= 11 is 0. The van der Waals surface area contributed by atoms with Crippen LogP contribution in [0.1, 0.15) is 12.5 Å². The molecule has 6 heteroatoms. The summed E-state index contributed by atoms with van der Waals surface area (Å²) in [5.41, 5.74) is 6.70. The largest absolute Gasteiger partial charge is 0.398 e. The van der Waals surface area contributed by atoms with Crippen molar-refractivity contribution >= 4 is 21.4 Å². The monoisotopic (exact) mass is 256 g/mol. The molecule has 0 atom stereocenters. The van der Waals surface area contributed by atoms with Crippen LogP contribution in [-0.2, 0) is 14.6 Å². The Labute approximate surface area is 101 Å². The number of carbonyl (C=O) groups excluding carboxylic acids is 1. The van der Waals surface area contributed by atoms with E-state index in [9.17, 15) is 13.2 Å². The Hall–Kier alpha value is -1.56. The van der Waals surface area contributed by atoms with E-state index in [4.69, 9.17) is 5.73 Å². The highest BCUT2D eigenvalue weighted by atomic mass is 32.2. The summed E-state index contributed by atoms with van der Waals surface area (Å²) < 4.78 is 23.8. The van der Waals surface area contributed by atoms with Gasteiger partial charge in [-0.15, -0.1) is 0 Å². The second-order valence-corrected chi connectivity index (χ2v) is 5.71. The molecule has 3 N–H and O–H groups in total. The van der Waals surface area contributed by atoms with Gasteiger partial charge in [-0.25, -0.2) is 8.42 Å². The molecular weight excluding hydrogens is 240 g/mol. The molecule has 0 spiro atoms. The van der Waals surface area contributed by atoms with Gasteiger partial charge in [0.15, 0.2) is 9.84 Å². The summed E-state index contributed by atoms with van der Waals surface area (Å²) in [6.07, 6.45) is 0. The maximum atomic E-state index is 11.9. The molecule has 0 aliphatic rings. The van der Waals surface area contributed by atoms with E-state index in [2.05, 4.69) is 5.32 Å². The number of aryl methyl sites for hydroxylation is 1. The molecule has 0 fully saturated rings. The Balaban J connectivity index is 3.01. The topological polar surface area (TPSA) is 89.3 Å². The molecule has 5 nitrogen and oxygen atoms in total. The van der Waals surface area contributed by atoms with Crippen molar-refractivity contribution in [3.8, 4) is 0 Å². The van der Waals surface area contributed by atoms with Crippen molar-refractivity contribution in [2.75, 3.05) is 18.0 Å². The van der Waals surface area contributed by atoms with Crippen LogP contribution >= 0.6 is 0 Å². The molecule has 0 unspecified atom stereocenters. The van der Waals surface area contributed by atoms with Crippen LogP contribution in [0.5, 0.6) is 0 Å². The first-order chi connectivity index (χ1) is 7.86. The fraction of sp³-hybridized carbons (Fsp3) is 0.364. The van der Waals surface area contributed by atoms with Crippen LogP contribution in [0.3, 0.4) is 0 Å². The van der Waals surface area contributed by atoms with Gasteiger partial charge in [0.25, 0.3) is 0 Å². The van der Waals surface area contributed by atoms with Crippen LogP contribution in [0.25, 0.3) is 0 Å². The van der Waals surface area contributed by atoms with Crippen LogP contribution in [0.4, 0.5) is 5.69 Å². The highest BCUT2D eigenvalue weighted by molar-refractivity contribution is 7.92. The summed E-state index contributed by atoms with van der Waals surface area (Å²) in [5.74, 6) is -1.10. The molecule has 1 aromatic rings. The number of nitrogens with two attached hydrogens (primary N) is 1. The summed E-state index contributed by atoms with van der Waals surface area (Å²) in [5, 5.41) is 2.44. The van der Waals surface area contributed by atoms with Crippen molar-refractivity contribution in [3.05, 3.63) is 23.8 Å². The van der Waals surface area contributed by atoms with E-state index in [0.29, 0.717) is 6.54 Å². The van der Waals surface area contributed by atoms with Gasteiger partial charge in [0.2, 0.25) is 5.91 Å². The summed E-state index contributed by atoms with van der Waals surface area (Å²) in [6.45, 7) is 3.94. The maximum Gasteiger partial charge on any atom is 0.235 e. The number of amides is 1. The number of hydrogen-bond acceptors (Lipinski definition) is 4. The molecule has 17 heavy (non-hydrogen) atoms. The third-order valence-electron chi connectivity index (χ3n) is 2.20. The van der Waals surface area contributed by atoms with Crippen LogP contribution in [0, 0.1) is 6.92 Å². The van der Waals surface area contributed by atoms with Gasteiger partial charge >= 0.3 is 0 Å². The Morgan fingerprint density at radius 1 is 1.41 bits per heavy atom. The summed E-state index contributed by atoms with van der Waals surface area (Å²) in [4.78, 5) is 11.3. The quantitative estimate of drug-likeness (QED) is 0.767. The van der Waals surface area contributed by atoms with Gasteiger partial charge in [0, 0.05) is 6.54 Å². The molecule has 94 valence electrons. The van der Waals surface area contributed by atoms with Crippen LogP contribution in [0.15, 0.2) is 23.1 Å². The van der Waals surface area contributed by atoms with Crippen molar-refractivity contribution in [3.63, 3.8) is 0 Å². The van der Waals surface area contributed by atoms with Gasteiger partial charge in [-0.3, -0.25) is 4.79 Å². The average molecular weight is 256 g/mol. The Morgan fingerprint density at radius 2 is 2.06 bits per heavy atom. The van der Waals surface area contributed by atoms with E-state index >= 15 is 0 Å².